The number of carbonyl (C=O) groups is 2. The molecule has 0 spiro atoms. The van der Waals surface area contributed by atoms with E-state index in [4.69, 9.17) is 47.4 Å². The molecule has 2 aliphatic rings. The van der Waals surface area contributed by atoms with Crippen LogP contribution >= 0.6 is 22.7 Å². The van der Waals surface area contributed by atoms with Gasteiger partial charge in [-0.1, -0.05) is 12.1 Å². The highest BCUT2D eigenvalue weighted by Gasteiger charge is 2.26. The molecule has 0 unspecified atom stereocenters. The van der Waals surface area contributed by atoms with Crippen molar-refractivity contribution in [2.75, 3.05) is 145 Å². The third-order valence-electron chi connectivity index (χ3n) is 11.3. The standard InChI is InChI=1S/C50H64N2O12S2/c1-35-29-43(37(3)65-35)47-45-31-39(49(53)51-9-11-55-13-15-57-17-19-59-21-23-61-25-27-63-33-51)5-7-41(45)42-8-6-40(32-46(42)48(47)44-30-36(2)66-38(44)4)50(54)52-10-12-56-14-16-58-18-20-60-22-24-62-26-28-64-34-52/h5-8,29-32H,9-28,33-34H2,1-4H3. The van der Waals surface area contributed by atoms with E-state index in [0.29, 0.717) is 143 Å². The lowest BCUT2D eigenvalue weighted by molar-refractivity contribution is -0.0186. The minimum atomic E-state index is -0.170. The van der Waals surface area contributed by atoms with Gasteiger partial charge in [0.2, 0.25) is 0 Å². The molecule has 14 nitrogen and oxygen atoms in total. The summed E-state index contributed by atoms with van der Waals surface area (Å²) in [6.45, 7) is 16.8. The Morgan fingerprint density at radius 2 is 0.697 bits per heavy atom. The molecule has 0 aliphatic carbocycles. The zero-order chi connectivity index (χ0) is 46.1. The van der Waals surface area contributed by atoms with Crippen molar-refractivity contribution in [3.05, 3.63) is 79.2 Å². The molecule has 0 N–H and O–H groups in total. The van der Waals surface area contributed by atoms with Crippen LogP contribution in [-0.4, -0.2) is 167 Å². The number of amides is 2. The Hall–Kier alpha value is -3.88. The predicted octanol–water partition coefficient (Wildman–Crippen LogP) is 7.68. The predicted molar refractivity (Wildman–Crippen MR) is 257 cm³/mol. The molecule has 4 heterocycles. The topological polar surface area (TPSA) is 133 Å². The lowest BCUT2D eigenvalue weighted by atomic mass is 9.84. The summed E-state index contributed by atoms with van der Waals surface area (Å²) in [5, 5.41) is 3.84. The molecule has 0 saturated carbocycles. The average Bonchev–Trinajstić information content (AvgIpc) is 3.84. The number of benzene rings is 3. The second-order valence-electron chi connectivity index (χ2n) is 16.0. The zero-order valence-electron chi connectivity index (χ0n) is 38.8. The first kappa shape index (κ1) is 50.0. The molecule has 2 aliphatic heterocycles. The molecule has 0 atom stereocenters. The summed E-state index contributed by atoms with van der Waals surface area (Å²) < 4.78 is 57.5. The van der Waals surface area contributed by atoms with Gasteiger partial charge in [-0.3, -0.25) is 9.59 Å². The number of carbonyl (C=O) groups excluding carboxylic acids is 2. The number of thiophene rings is 2. The molecule has 16 heteroatoms. The van der Waals surface area contributed by atoms with Crippen molar-refractivity contribution in [3.8, 4) is 22.3 Å². The molecule has 5 aromatic rings. The summed E-state index contributed by atoms with van der Waals surface area (Å²) in [4.78, 5) is 37.3. The van der Waals surface area contributed by atoms with Gasteiger partial charge in [0.15, 0.2) is 0 Å². The van der Waals surface area contributed by atoms with E-state index in [0.717, 1.165) is 53.6 Å². The Morgan fingerprint density at radius 3 is 1.00 bits per heavy atom. The molecule has 2 fully saturated rings. The van der Waals surface area contributed by atoms with E-state index in [9.17, 15) is 9.59 Å². The molecule has 0 radical (unpaired) electrons. The number of rotatable bonds is 4. The fourth-order valence-corrected chi connectivity index (χ4v) is 9.96. The van der Waals surface area contributed by atoms with Gasteiger partial charge in [0.25, 0.3) is 11.8 Å². The van der Waals surface area contributed by atoms with Gasteiger partial charge in [0.1, 0.15) is 13.5 Å². The van der Waals surface area contributed by atoms with Crippen LogP contribution in [0.4, 0.5) is 0 Å². The number of nitrogens with zero attached hydrogens (tertiary/aromatic N) is 2. The Kier molecular flexibility index (Phi) is 19.7. The number of hydrogen-bond donors (Lipinski definition) is 0. The van der Waals surface area contributed by atoms with E-state index in [1.807, 2.05) is 36.4 Å². The first-order valence-electron chi connectivity index (χ1n) is 22.8. The summed E-state index contributed by atoms with van der Waals surface area (Å²) >= 11 is 3.49. The quantitative estimate of drug-likeness (QED) is 0.164. The van der Waals surface area contributed by atoms with E-state index >= 15 is 0 Å². The van der Waals surface area contributed by atoms with Crippen molar-refractivity contribution < 1.29 is 57.0 Å². The minimum Gasteiger partial charge on any atom is -0.377 e. The molecule has 7 rings (SSSR count). The van der Waals surface area contributed by atoms with Crippen LogP contribution in [0.15, 0.2) is 48.5 Å². The van der Waals surface area contributed by atoms with Gasteiger partial charge in [0.05, 0.1) is 119 Å². The molecule has 358 valence electrons. The normalized spacial score (nSPS) is 18.5. The van der Waals surface area contributed by atoms with Crippen molar-refractivity contribution in [2.24, 2.45) is 0 Å². The van der Waals surface area contributed by atoms with E-state index in [-0.39, 0.29) is 25.3 Å². The van der Waals surface area contributed by atoms with Crippen LogP contribution in [0.5, 0.6) is 0 Å². The lowest BCUT2D eigenvalue weighted by Crippen LogP contribution is -2.36. The second-order valence-corrected chi connectivity index (χ2v) is 19.0. The Labute approximate surface area is 395 Å². The number of hydrogen-bond acceptors (Lipinski definition) is 14. The molecule has 2 amide bonds. The lowest BCUT2D eigenvalue weighted by Gasteiger charge is -2.24. The Morgan fingerprint density at radius 1 is 0.394 bits per heavy atom. The van der Waals surface area contributed by atoms with Crippen LogP contribution in [0.1, 0.15) is 40.2 Å². The maximum atomic E-state index is 14.6. The highest BCUT2D eigenvalue weighted by molar-refractivity contribution is 7.12. The third kappa shape index (κ3) is 13.6. The fraction of sp³-hybridized carbons (Fsp3) is 0.520. The van der Waals surface area contributed by atoms with Gasteiger partial charge in [-0.15, -0.1) is 22.7 Å². The van der Waals surface area contributed by atoms with E-state index in [1.54, 1.807) is 32.5 Å². The average molecular weight is 949 g/mol. The zero-order valence-corrected chi connectivity index (χ0v) is 40.4. The van der Waals surface area contributed by atoms with Crippen molar-refractivity contribution in [3.63, 3.8) is 0 Å². The smallest absolute Gasteiger partial charge is 0.255 e. The van der Waals surface area contributed by atoms with E-state index in [2.05, 4.69) is 39.8 Å². The third-order valence-corrected chi connectivity index (χ3v) is 13.2. The molecule has 0 bridgehead atoms. The van der Waals surface area contributed by atoms with Crippen molar-refractivity contribution >= 4 is 56.0 Å². The largest absolute Gasteiger partial charge is 0.377 e. The van der Waals surface area contributed by atoms with Crippen LogP contribution in [0.3, 0.4) is 0 Å². The highest BCUT2D eigenvalue weighted by atomic mass is 32.1. The summed E-state index contributed by atoms with van der Waals surface area (Å²) in [6, 6.07) is 16.4. The van der Waals surface area contributed by atoms with Crippen molar-refractivity contribution in [2.45, 2.75) is 27.7 Å². The Balaban J connectivity index is 1.28. The van der Waals surface area contributed by atoms with Gasteiger partial charge in [-0.05, 0) is 108 Å². The van der Waals surface area contributed by atoms with Crippen LogP contribution < -0.4 is 0 Å². The SMILES string of the molecule is Cc1cc(-c2c(-c3cc(C)sc3C)c3cc(C(=O)N4CCOCCOCCOCCOCCOC4)ccc3c3ccc(C(=O)N4CCOCCOCCOCCOCCOC4)cc23)c(C)s1. The van der Waals surface area contributed by atoms with Crippen LogP contribution in [0.25, 0.3) is 43.8 Å². The first-order chi connectivity index (χ1) is 32.3. The molecule has 3 aromatic carbocycles. The molecule has 2 saturated heterocycles. The van der Waals surface area contributed by atoms with E-state index < -0.39 is 0 Å². The first-order valence-corrected chi connectivity index (χ1v) is 24.5. The monoisotopic (exact) mass is 948 g/mol. The van der Waals surface area contributed by atoms with Gasteiger partial charge in [0, 0.05) is 43.7 Å². The van der Waals surface area contributed by atoms with Crippen molar-refractivity contribution in [1.29, 1.82) is 0 Å². The summed E-state index contributed by atoms with van der Waals surface area (Å²) in [5.41, 5.74) is 5.30. The van der Waals surface area contributed by atoms with Gasteiger partial charge >= 0.3 is 0 Å². The van der Waals surface area contributed by atoms with E-state index in [1.165, 1.54) is 9.75 Å². The number of ether oxygens (including phenoxy) is 10. The van der Waals surface area contributed by atoms with Crippen molar-refractivity contribution in [1.82, 2.24) is 9.80 Å². The Bertz CT molecular complexity index is 2150. The highest BCUT2D eigenvalue weighted by Crippen LogP contribution is 2.49. The van der Waals surface area contributed by atoms with Gasteiger partial charge in [-0.25, -0.2) is 0 Å². The molecule has 66 heavy (non-hydrogen) atoms. The summed E-state index contributed by atoms with van der Waals surface area (Å²) in [6.07, 6.45) is 0. The molecule has 2 aromatic heterocycles. The van der Waals surface area contributed by atoms with Crippen LogP contribution in [0, 0.1) is 27.7 Å². The second kappa shape index (κ2) is 26.0. The summed E-state index contributed by atoms with van der Waals surface area (Å²) in [7, 11) is 0. The van der Waals surface area contributed by atoms with Gasteiger partial charge < -0.3 is 57.2 Å². The molecular formula is C50H64N2O12S2. The minimum absolute atomic E-state index is 0.0746. The van der Waals surface area contributed by atoms with Gasteiger partial charge in [-0.2, -0.15) is 0 Å². The fourth-order valence-electron chi connectivity index (χ4n) is 8.10. The maximum absolute atomic E-state index is 14.6. The number of fused-ring (bicyclic) bond motifs is 3. The van der Waals surface area contributed by atoms with Crippen LogP contribution in [0.2, 0.25) is 0 Å². The molecular weight excluding hydrogens is 885 g/mol. The van der Waals surface area contributed by atoms with Crippen LogP contribution in [-0.2, 0) is 47.4 Å². The maximum Gasteiger partial charge on any atom is 0.255 e. The summed E-state index contributed by atoms with van der Waals surface area (Å²) in [5.74, 6) is -0.340. The number of aryl methyl sites for hydroxylation is 4.